The van der Waals surface area contributed by atoms with Crippen molar-refractivity contribution in [3.63, 3.8) is 0 Å². The Kier molecular flexibility index (Phi) is 6.99. The molecule has 1 aliphatic heterocycles. The van der Waals surface area contributed by atoms with Gasteiger partial charge >= 0.3 is 6.09 Å². The monoisotopic (exact) mass is 298 g/mol. The van der Waals surface area contributed by atoms with Crippen molar-refractivity contribution in [2.75, 3.05) is 13.7 Å². The van der Waals surface area contributed by atoms with Crippen molar-refractivity contribution in [1.29, 1.82) is 0 Å². The first-order valence-electron chi connectivity index (χ1n) is 8.01. The zero-order valence-corrected chi connectivity index (χ0v) is 14.0. The Hall–Kier alpha value is -1.26. The van der Waals surface area contributed by atoms with E-state index in [1.165, 1.54) is 13.5 Å². The van der Waals surface area contributed by atoms with E-state index < -0.39 is 12.1 Å². The van der Waals surface area contributed by atoms with Crippen molar-refractivity contribution < 1.29 is 14.3 Å². The number of alkyl carbamates (subject to hydrolysis) is 1. The highest BCUT2D eigenvalue weighted by Crippen LogP contribution is 2.24. The molecular weight excluding hydrogens is 268 g/mol. The standard InChI is InChI=1S/C16H30N2O3/c1-11(2)10-13-8-6-7-9-18(13)15(19)14(12(3)4)17-16(20)21-5/h11-14H,6-10H2,1-5H3,(H,17,20)/t13-,14+/m1/s1. The lowest BCUT2D eigenvalue weighted by molar-refractivity contribution is -0.138. The topological polar surface area (TPSA) is 58.6 Å². The van der Waals surface area contributed by atoms with Gasteiger partial charge in [0.25, 0.3) is 0 Å². The summed E-state index contributed by atoms with van der Waals surface area (Å²) in [5.41, 5.74) is 0. The second-order valence-corrected chi connectivity index (χ2v) is 6.67. The normalized spacial score (nSPS) is 20.5. The van der Waals surface area contributed by atoms with E-state index in [9.17, 15) is 9.59 Å². The summed E-state index contributed by atoms with van der Waals surface area (Å²) < 4.78 is 4.64. The van der Waals surface area contributed by atoms with Crippen LogP contribution in [0.5, 0.6) is 0 Å². The van der Waals surface area contributed by atoms with Gasteiger partial charge in [-0.25, -0.2) is 4.79 Å². The van der Waals surface area contributed by atoms with Crippen molar-refractivity contribution >= 4 is 12.0 Å². The molecule has 1 saturated heterocycles. The van der Waals surface area contributed by atoms with Gasteiger partial charge in [0.1, 0.15) is 6.04 Å². The Morgan fingerprint density at radius 3 is 2.43 bits per heavy atom. The molecule has 0 unspecified atom stereocenters. The van der Waals surface area contributed by atoms with Crippen LogP contribution in [-0.2, 0) is 9.53 Å². The predicted octanol–water partition coefficient (Wildman–Crippen LogP) is 2.79. The number of nitrogens with zero attached hydrogens (tertiary/aromatic N) is 1. The van der Waals surface area contributed by atoms with Gasteiger partial charge in [-0.05, 0) is 37.5 Å². The molecular formula is C16H30N2O3. The number of ether oxygens (including phenoxy) is 1. The van der Waals surface area contributed by atoms with E-state index >= 15 is 0 Å². The maximum atomic E-state index is 12.8. The van der Waals surface area contributed by atoms with E-state index in [0.717, 1.165) is 25.8 Å². The van der Waals surface area contributed by atoms with Crippen molar-refractivity contribution in [3.8, 4) is 0 Å². The van der Waals surface area contributed by atoms with E-state index in [1.54, 1.807) is 0 Å². The first kappa shape index (κ1) is 17.8. The van der Waals surface area contributed by atoms with Crippen LogP contribution in [0, 0.1) is 11.8 Å². The molecule has 0 bridgehead atoms. The molecule has 0 aromatic heterocycles. The summed E-state index contributed by atoms with van der Waals surface area (Å²) in [6.45, 7) is 9.05. The molecule has 0 spiro atoms. The number of amides is 2. The Bertz CT molecular complexity index is 355. The lowest BCUT2D eigenvalue weighted by atomic mass is 9.92. The van der Waals surface area contributed by atoms with Crippen LogP contribution in [0.2, 0.25) is 0 Å². The first-order valence-corrected chi connectivity index (χ1v) is 8.01. The molecule has 5 nitrogen and oxygen atoms in total. The van der Waals surface area contributed by atoms with Gasteiger partial charge < -0.3 is 15.0 Å². The van der Waals surface area contributed by atoms with Crippen molar-refractivity contribution in [3.05, 3.63) is 0 Å². The Morgan fingerprint density at radius 2 is 1.90 bits per heavy atom. The van der Waals surface area contributed by atoms with E-state index in [-0.39, 0.29) is 11.8 Å². The van der Waals surface area contributed by atoms with Crippen LogP contribution in [0.25, 0.3) is 0 Å². The van der Waals surface area contributed by atoms with E-state index in [0.29, 0.717) is 12.0 Å². The average molecular weight is 298 g/mol. The Balaban J connectivity index is 2.81. The quantitative estimate of drug-likeness (QED) is 0.849. The molecule has 1 N–H and O–H groups in total. The van der Waals surface area contributed by atoms with E-state index in [1.807, 2.05) is 18.7 Å². The molecule has 0 aromatic carbocycles. The molecule has 0 aliphatic carbocycles. The molecule has 1 rings (SSSR count). The lowest BCUT2D eigenvalue weighted by Crippen LogP contribution is -2.55. The van der Waals surface area contributed by atoms with E-state index in [2.05, 4.69) is 23.9 Å². The number of hydrogen-bond donors (Lipinski definition) is 1. The molecule has 0 radical (unpaired) electrons. The summed E-state index contributed by atoms with van der Waals surface area (Å²) in [4.78, 5) is 26.3. The number of hydrogen-bond acceptors (Lipinski definition) is 3. The Morgan fingerprint density at radius 1 is 1.24 bits per heavy atom. The van der Waals surface area contributed by atoms with Gasteiger partial charge in [0, 0.05) is 12.6 Å². The number of piperidine rings is 1. The maximum absolute atomic E-state index is 12.8. The molecule has 0 saturated carbocycles. The van der Waals surface area contributed by atoms with Gasteiger partial charge in [-0.2, -0.15) is 0 Å². The van der Waals surface area contributed by atoms with Crippen LogP contribution in [0.4, 0.5) is 4.79 Å². The summed E-state index contributed by atoms with van der Waals surface area (Å²) in [5.74, 6) is 0.633. The predicted molar refractivity (Wildman–Crippen MR) is 83.0 cm³/mol. The molecule has 21 heavy (non-hydrogen) atoms. The highest BCUT2D eigenvalue weighted by Gasteiger charge is 2.34. The number of methoxy groups -OCH3 is 1. The molecule has 2 atom stereocenters. The number of carbonyl (C=O) groups excluding carboxylic acids is 2. The molecule has 0 aromatic rings. The average Bonchev–Trinajstić information content (AvgIpc) is 2.43. The van der Waals surface area contributed by atoms with E-state index in [4.69, 9.17) is 0 Å². The van der Waals surface area contributed by atoms with Gasteiger partial charge in [-0.3, -0.25) is 4.79 Å². The third-order valence-electron chi connectivity index (χ3n) is 4.05. The maximum Gasteiger partial charge on any atom is 0.407 e. The van der Waals surface area contributed by atoms with Crippen LogP contribution >= 0.6 is 0 Å². The molecule has 1 aliphatic rings. The Labute approximate surface area is 128 Å². The van der Waals surface area contributed by atoms with Gasteiger partial charge in [-0.1, -0.05) is 27.7 Å². The van der Waals surface area contributed by atoms with Crippen molar-refractivity contribution in [1.82, 2.24) is 10.2 Å². The fraction of sp³-hybridized carbons (Fsp3) is 0.875. The van der Waals surface area contributed by atoms with Crippen molar-refractivity contribution in [2.24, 2.45) is 11.8 Å². The van der Waals surface area contributed by atoms with Gasteiger partial charge in [-0.15, -0.1) is 0 Å². The third kappa shape index (κ3) is 5.21. The molecule has 1 heterocycles. The largest absolute Gasteiger partial charge is 0.453 e. The molecule has 5 heteroatoms. The minimum absolute atomic E-state index is 0.0285. The van der Waals surface area contributed by atoms with Crippen LogP contribution < -0.4 is 5.32 Å². The number of rotatable bonds is 5. The highest BCUT2D eigenvalue weighted by molar-refractivity contribution is 5.86. The molecule has 2 amide bonds. The van der Waals surface area contributed by atoms with Crippen molar-refractivity contribution in [2.45, 2.75) is 65.5 Å². The van der Waals surface area contributed by atoms with Crippen LogP contribution in [-0.4, -0.2) is 42.6 Å². The molecule has 122 valence electrons. The summed E-state index contributed by atoms with van der Waals surface area (Å²) >= 11 is 0. The number of carbonyl (C=O) groups is 2. The third-order valence-corrected chi connectivity index (χ3v) is 4.05. The van der Waals surface area contributed by atoms with Crippen LogP contribution in [0.3, 0.4) is 0 Å². The van der Waals surface area contributed by atoms with Gasteiger partial charge in [0.2, 0.25) is 5.91 Å². The summed E-state index contributed by atoms with van der Waals surface area (Å²) in [6, 6.07) is -0.211. The van der Waals surface area contributed by atoms with Gasteiger partial charge in [0.15, 0.2) is 0 Å². The van der Waals surface area contributed by atoms with Crippen LogP contribution in [0.15, 0.2) is 0 Å². The fourth-order valence-electron chi connectivity index (χ4n) is 2.96. The minimum atomic E-state index is -0.542. The summed E-state index contributed by atoms with van der Waals surface area (Å²) in [5, 5.41) is 2.68. The minimum Gasteiger partial charge on any atom is -0.453 e. The summed E-state index contributed by atoms with van der Waals surface area (Å²) in [7, 11) is 1.32. The first-order chi connectivity index (χ1) is 9.86. The van der Waals surface area contributed by atoms with Crippen LogP contribution in [0.1, 0.15) is 53.4 Å². The fourth-order valence-corrected chi connectivity index (χ4v) is 2.96. The second-order valence-electron chi connectivity index (χ2n) is 6.67. The molecule has 1 fully saturated rings. The zero-order valence-electron chi connectivity index (χ0n) is 14.0. The second kappa shape index (κ2) is 8.25. The lowest BCUT2D eigenvalue weighted by Gasteiger charge is -2.39. The SMILES string of the molecule is COC(=O)N[C@H](C(=O)N1CCCC[C@@H]1CC(C)C)C(C)C. The number of nitrogens with one attached hydrogen (secondary N) is 1. The smallest absolute Gasteiger partial charge is 0.407 e. The highest BCUT2D eigenvalue weighted by atomic mass is 16.5. The summed E-state index contributed by atoms with van der Waals surface area (Å²) in [6.07, 6.45) is 3.77. The van der Waals surface area contributed by atoms with Gasteiger partial charge in [0.05, 0.1) is 7.11 Å². The zero-order chi connectivity index (χ0) is 16.0. The number of likely N-dealkylation sites (tertiary alicyclic amines) is 1.